The molecule has 132 valence electrons. The summed E-state index contributed by atoms with van der Waals surface area (Å²) in [6.45, 7) is 1.19. The number of para-hydroxylation sites is 1. The van der Waals surface area contributed by atoms with E-state index in [1.165, 1.54) is 6.20 Å². The van der Waals surface area contributed by atoms with Gasteiger partial charge in [0.2, 0.25) is 5.88 Å². The van der Waals surface area contributed by atoms with E-state index in [-0.39, 0.29) is 12.0 Å². The predicted molar refractivity (Wildman–Crippen MR) is 98.8 cm³/mol. The van der Waals surface area contributed by atoms with Crippen LogP contribution in [0.4, 0.5) is 5.69 Å². The minimum atomic E-state index is -0.312. The summed E-state index contributed by atoms with van der Waals surface area (Å²) >= 11 is 6.23. The van der Waals surface area contributed by atoms with Crippen LogP contribution < -0.4 is 10.1 Å². The van der Waals surface area contributed by atoms with Crippen LogP contribution in [0.25, 0.3) is 10.9 Å². The molecule has 1 N–H and O–H groups in total. The number of fused-ring (bicyclic) bond motifs is 1. The highest BCUT2D eigenvalue weighted by Gasteiger charge is 2.20. The molecule has 6 nitrogen and oxygen atoms in total. The number of aromatic nitrogens is 2. The number of halogens is 1. The molecule has 1 saturated heterocycles. The van der Waals surface area contributed by atoms with Crippen molar-refractivity contribution in [2.45, 2.75) is 12.5 Å². The highest BCUT2D eigenvalue weighted by atomic mass is 35.5. The van der Waals surface area contributed by atoms with Gasteiger partial charge in [0.25, 0.3) is 5.91 Å². The maximum absolute atomic E-state index is 12.6. The van der Waals surface area contributed by atoms with Crippen LogP contribution in [0.5, 0.6) is 5.88 Å². The fourth-order valence-electron chi connectivity index (χ4n) is 2.80. The Morgan fingerprint density at radius 1 is 1.27 bits per heavy atom. The number of nitrogens with one attached hydrogen (secondary N) is 1. The summed E-state index contributed by atoms with van der Waals surface area (Å²) in [5, 5.41) is 4.10. The quantitative estimate of drug-likeness (QED) is 0.759. The number of amides is 1. The van der Waals surface area contributed by atoms with Crippen LogP contribution in [-0.2, 0) is 4.74 Å². The molecule has 1 aliphatic rings. The monoisotopic (exact) mass is 369 g/mol. The van der Waals surface area contributed by atoms with E-state index in [2.05, 4.69) is 15.3 Å². The lowest BCUT2D eigenvalue weighted by molar-refractivity contribution is 0.102. The van der Waals surface area contributed by atoms with Crippen molar-refractivity contribution in [3.63, 3.8) is 0 Å². The zero-order valence-electron chi connectivity index (χ0n) is 13.8. The summed E-state index contributed by atoms with van der Waals surface area (Å²) in [6.07, 6.45) is 3.88. The van der Waals surface area contributed by atoms with E-state index in [1.807, 2.05) is 24.3 Å². The average Bonchev–Trinajstić information content (AvgIpc) is 3.17. The Balaban J connectivity index is 1.53. The third-order valence-corrected chi connectivity index (χ3v) is 4.39. The molecule has 0 aliphatic carbocycles. The number of nitrogens with zero attached hydrogens (tertiary/aromatic N) is 2. The molecule has 0 saturated carbocycles. The molecule has 2 aromatic heterocycles. The smallest absolute Gasteiger partial charge is 0.257 e. The largest absolute Gasteiger partial charge is 0.471 e. The van der Waals surface area contributed by atoms with Gasteiger partial charge in [-0.1, -0.05) is 29.8 Å². The van der Waals surface area contributed by atoms with Gasteiger partial charge in [-0.15, -0.1) is 0 Å². The first kappa shape index (κ1) is 16.8. The molecule has 26 heavy (non-hydrogen) atoms. The number of hydrogen-bond acceptors (Lipinski definition) is 5. The minimum Gasteiger partial charge on any atom is -0.471 e. The van der Waals surface area contributed by atoms with Gasteiger partial charge in [0.15, 0.2) is 0 Å². The molecule has 3 aromatic rings. The van der Waals surface area contributed by atoms with Gasteiger partial charge in [0.1, 0.15) is 11.1 Å². The molecule has 0 spiro atoms. The number of anilines is 1. The van der Waals surface area contributed by atoms with Gasteiger partial charge >= 0.3 is 0 Å². The Morgan fingerprint density at radius 3 is 2.96 bits per heavy atom. The lowest BCUT2D eigenvalue weighted by Crippen LogP contribution is -2.17. The second kappa shape index (κ2) is 7.27. The van der Waals surface area contributed by atoms with Crippen LogP contribution in [0.2, 0.25) is 5.02 Å². The van der Waals surface area contributed by atoms with Gasteiger partial charge < -0.3 is 14.8 Å². The van der Waals surface area contributed by atoms with Crippen molar-refractivity contribution in [3.05, 3.63) is 59.4 Å². The molecule has 7 heteroatoms. The van der Waals surface area contributed by atoms with E-state index in [9.17, 15) is 4.79 Å². The second-order valence-corrected chi connectivity index (χ2v) is 6.36. The first-order valence-electron chi connectivity index (χ1n) is 8.26. The fraction of sp³-hybridized carbons (Fsp3) is 0.211. The molecule has 1 aliphatic heterocycles. The van der Waals surface area contributed by atoms with Crippen molar-refractivity contribution in [3.8, 4) is 5.88 Å². The lowest BCUT2D eigenvalue weighted by Gasteiger charge is -2.13. The Bertz CT molecular complexity index is 952. The van der Waals surface area contributed by atoms with Gasteiger partial charge in [-0.25, -0.2) is 4.98 Å². The SMILES string of the molecule is O=C(Nc1cccc2cccnc12)c1cnc(OC2CCOC2)c(Cl)c1. The van der Waals surface area contributed by atoms with Crippen LogP contribution in [-0.4, -0.2) is 35.2 Å². The Labute approximate surface area is 155 Å². The molecule has 4 rings (SSSR count). The summed E-state index contributed by atoms with van der Waals surface area (Å²) in [7, 11) is 0. The molecule has 3 heterocycles. The summed E-state index contributed by atoms with van der Waals surface area (Å²) < 4.78 is 11.0. The zero-order chi connectivity index (χ0) is 17.9. The van der Waals surface area contributed by atoms with Gasteiger partial charge in [0, 0.05) is 24.2 Å². The van der Waals surface area contributed by atoms with E-state index in [0.29, 0.717) is 35.4 Å². The van der Waals surface area contributed by atoms with Crippen molar-refractivity contribution in [2.75, 3.05) is 18.5 Å². The summed E-state index contributed by atoms with van der Waals surface area (Å²) in [6, 6.07) is 11.0. The molecule has 0 bridgehead atoms. The van der Waals surface area contributed by atoms with Crippen molar-refractivity contribution in [1.29, 1.82) is 0 Å². The number of carbonyl (C=O) groups is 1. The zero-order valence-corrected chi connectivity index (χ0v) is 14.6. The second-order valence-electron chi connectivity index (χ2n) is 5.95. The van der Waals surface area contributed by atoms with Gasteiger partial charge in [-0.2, -0.15) is 0 Å². The van der Waals surface area contributed by atoms with Crippen LogP contribution >= 0.6 is 11.6 Å². The van der Waals surface area contributed by atoms with Crippen molar-refractivity contribution >= 4 is 34.1 Å². The Kier molecular flexibility index (Phi) is 4.69. The number of pyridine rings is 2. The van der Waals surface area contributed by atoms with Gasteiger partial charge in [-0.3, -0.25) is 9.78 Å². The van der Waals surface area contributed by atoms with Crippen LogP contribution in [0.3, 0.4) is 0 Å². The van der Waals surface area contributed by atoms with E-state index in [4.69, 9.17) is 21.1 Å². The predicted octanol–water partition coefficient (Wildman–Crippen LogP) is 3.70. The van der Waals surface area contributed by atoms with Crippen LogP contribution in [0.1, 0.15) is 16.8 Å². The van der Waals surface area contributed by atoms with Crippen LogP contribution in [0.15, 0.2) is 48.8 Å². The summed E-state index contributed by atoms with van der Waals surface area (Å²) in [5.74, 6) is -0.00107. The molecular formula is C19H16ClN3O3. The first-order chi connectivity index (χ1) is 12.7. The van der Waals surface area contributed by atoms with Crippen molar-refractivity contribution in [1.82, 2.24) is 9.97 Å². The number of hydrogen-bond donors (Lipinski definition) is 1. The topological polar surface area (TPSA) is 73.3 Å². The minimum absolute atomic E-state index is 0.0542. The van der Waals surface area contributed by atoms with E-state index < -0.39 is 0 Å². The third-order valence-electron chi connectivity index (χ3n) is 4.12. The molecule has 0 radical (unpaired) electrons. The summed E-state index contributed by atoms with van der Waals surface area (Å²) in [4.78, 5) is 21.1. The molecular weight excluding hydrogens is 354 g/mol. The maximum Gasteiger partial charge on any atom is 0.257 e. The Hall–Kier alpha value is -2.70. The van der Waals surface area contributed by atoms with E-state index in [1.54, 1.807) is 18.3 Å². The molecule has 1 amide bonds. The average molecular weight is 370 g/mol. The lowest BCUT2D eigenvalue weighted by atomic mass is 10.2. The van der Waals surface area contributed by atoms with Crippen molar-refractivity contribution < 1.29 is 14.3 Å². The van der Waals surface area contributed by atoms with E-state index in [0.717, 1.165) is 17.3 Å². The maximum atomic E-state index is 12.6. The highest BCUT2D eigenvalue weighted by molar-refractivity contribution is 6.32. The summed E-state index contributed by atoms with van der Waals surface area (Å²) in [5.41, 5.74) is 1.70. The van der Waals surface area contributed by atoms with Gasteiger partial charge in [0.05, 0.1) is 30.0 Å². The van der Waals surface area contributed by atoms with Crippen molar-refractivity contribution in [2.24, 2.45) is 0 Å². The highest BCUT2D eigenvalue weighted by Crippen LogP contribution is 2.26. The standard InChI is InChI=1S/C19H16ClN3O3/c20-15-9-13(10-22-19(15)26-14-6-8-25-11-14)18(24)23-16-5-1-3-12-4-2-7-21-17(12)16/h1-5,7,9-10,14H,6,8,11H2,(H,23,24). The fourth-order valence-corrected chi connectivity index (χ4v) is 3.01. The number of benzene rings is 1. The molecule has 1 fully saturated rings. The Morgan fingerprint density at radius 2 is 2.15 bits per heavy atom. The molecule has 1 unspecified atom stereocenters. The van der Waals surface area contributed by atoms with Gasteiger partial charge in [-0.05, 0) is 18.2 Å². The number of carbonyl (C=O) groups excluding carboxylic acids is 1. The normalized spacial score (nSPS) is 16.6. The molecule has 1 aromatic carbocycles. The molecule has 1 atom stereocenters. The third kappa shape index (κ3) is 3.47. The van der Waals surface area contributed by atoms with Crippen LogP contribution in [0, 0.1) is 0 Å². The first-order valence-corrected chi connectivity index (χ1v) is 8.63. The van der Waals surface area contributed by atoms with E-state index >= 15 is 0 Å². The number of rotatable bonds is 4. The number of ether oxygens (including phenoxy) is 2.